The maximum absolute atomic E-state index is 12.5. The van der Waals surface area contributed by atoms with Crippen molar-refractivity contribution in [1.82, 2.24) is 4.98 Å². The number of thiazole rings is 1. The maximum Gasteiger partial charge on any atom is 0.257 e. The number of aromatic nitrogens is 1. The van der Waals surface area contributed by atoms with E-state index < -0.39 is 0 Å². The van der Waals surface area contributed by atoms with Crippen LogP contribution < -0.4 is 5.32 Å². The Morgan fingerprint density at radius 2 is 1.68 bits per heavy atom. The van der Waals surface area contributed by atoms with E-state index in [-0.39, 0.29) is 11.7 Å². The zero-order valence-electron chi connectivity index (χ0n) is 13.4. The lowest BCUT2D eigenvalue weighted by atomic mass is 10.1. The second-order valence-corrected chi connectivity index (χ2v) is 6.80. The minimum atomic E-state index is -0.198. The topological polar surface area (TPSA) is 59.1 Å². The van der Waals surface area contributed by atoms with Crippen molar-refractivity contribution in [2.24, 2.45) is 0 Å². The highest BCUT2D eigenvalue weighted by Crippen LogP contribution is 2.27. The molecule has 4 rings (SSSR count). The van der Waals surface area contributed by atoms with E-state index in [9.17, 15) is 9.59 Å². The molecule has 0 atom stereocenters. The summed E-state index contributed by atoms with van der Waals surface area (Å²) < 4.78 is 0.876. The van der Waals surface area contributed by atoms with Crippen LogP contribution in [0.3, 0.4) is 0 Å². The van der Waals surface area contributed by atoms with Crippen molar-refractivity contribution in [3.05, 3.63) is 71.8 Å². The molecule has 3 aromatic carbocycles. The van der Waals surface area contributed by atoms with E-state index in [0.717, 1.165) is 21.0 Å². The lowest BCUT2D eigenvalue weighted by molar-refractivity contribution is 0.101. The van der Waals surface area contributed by atoms with Crippen molar-refractivity contribution in [2.45, 2.75) is 6.92 Å². The third-order valence-electron chi connectivity index (χ3n) is 4.03. The van der Waals surface area contributed by atoms with E-state index in [0.29, 0.717) is 16.3 Å². The van der Waals surface area contributed by atoms with Gasteiger partial charge >= 0.3 is 0 Å². The van der Waals surface area contributed by atoms with E-state index in [2.05, 4.69) is 10.3 Å². The summed E-state index contributed by atoms with van der Waals surface area (Å²) in [6, 6.07) is 18.9. The number of amides is 1. The fourth-order valence-electron chi connectivity index (χ4n) is 2.70. The summed E-state index contributed by atoms with van der Waals surface area (Å²) in [7, 11) is 0. The Hall–Kier alpha value is -3.05. The maximum atomic E-state index is 12.5. The Morgan fingerprint density at radius 1 is 0.920 bits per heavy atom. The Balaban J connectivity index is 1.62. The van der Waals surface area contributed by atoms with E-state index in [4.69, 9.17) is 0 Å². The van der Waals surface area contributed by atoms with Gasteiger partial charge in [0.25, 0.3) is 5.91 Å². The summed E-state index contributed by atoms with van der Waals surface area (Å²) in [6.07, 6.45) is 0. The van der Waals surface area contributed by atoms with Crippen LogP contribution in [0, 0.1) is 0 Å². The van der Waals surface area contributed by atoms with Gasteiger partial charge in [-0.2, -0.15) is 0 Å². The molecule has 1 heterocycles. The number of hydrogen-bond donors (Lipinski definition) is 1. The van der Waals surface area contributed by atoms with Gasteiger partial charge in [-0.3, -0.25) is 14.9 Å². The molecule has 0 saturated heterocycles. The fraction of sp³-hybridized carbons (Fsp3) is 0.0500. The minimum Gasteiger partial charge on any atom is -0.298 e. The molecule has 0 radical (unpaired) electrons. The second kappa shape index (κ2) is 6.11. The summed E-state index contributed by atoms with van der Waals surface area (Å²) in [5.41, 5.74) is 2.00. The van der Waals surface area contributed by atoms with Crippen molar-refractivity contribution < 1.29 is 9.59 Å². The summed E-state index contributed by atoms with van der Waals surface area (Å²) in [5.74, 6) is -0.186. The lowest BCUT2D eigenvalue weighted by Crippen LogP contribution is -2.11. The molecule has 0 saturated carbocycles. The molecular formula is C20H14N2O2S. The number of nitrogens with zero attached hydrogens (tertiary/aromatic N) is 1. The molecule has 0 bridgehead atoms. The number of fused-ring (bicyclic) bond motifs is 2. The Bertz CT molecular complexity index is 1130. The number of carbonyl (C=O) groups excluding carboxylic acids is 2. The van der Waals surface area contributed by atoms with Gasteiger partial charge in [-0.25, -0.2) is 4.98 Å². The van der Waals surface area contributed by atoms with Gasteiger partial charge in [-0.1, -0.05) is 41.7 Å². The summed E-state index contributed by atoms with van der Waals surface area (Å²) >= 11 is 1.36. The molecular weight excluding hydrogens is 332 g/mol. The van der Waals surface area contributed by atoms with Crippen molar-refractivity contribution in [1.29, 1.82) is 0 Å². The largest absolute Gasteiger partial charge is 0.298 e. The van der Waals surface area contributed by atoms with Gasteiger partial charge in [0.1, 0.15) is 0 Å². The zero-order valence-corrected chi connectivity index (χ0v) is 14.3. The van der Waals surface area contributed by atoms with Gasteiger partial charge in [0, 0.05) is 11.1 Å². The van der Waals surface area contributed by atoms with Crippen LogP contribution in [-0.4, -0.2) is 16.7 Å². The molecule has 5 heteroatoms. The van der Waals surface area contributed by atoms with Crippen LogP contribution in [0.25, 0.3) is 21.0 Å². The number of ketones is 1. The first-order valence-electron chi connectivity index (χ1n) is 7.82. The fourth-order valence-corrected chi connectivity index (χ4v) is 3.60. The van der Waals surface area contributed by atoms with Gasteiger partial charge in [-0.05, 0) is 48.0 Å². The summed E-state index contributed by atoms with van der Waals surface area (Å²) in [4.78, 5) is 28.4. The highest BCUT2D eigenvalue weighted by molar-refractivity contribution is 7.22. The Morgan fingerprint density at radius 3 is 2.48 bits per heavy atom. The number of benzene rings is 3. The SMILES string of the molecule is CC(=O)c1ccc2nc(NC(=O)c3ccc4ccccc4c3)sc2c1. The predicted octanol–water partition coefficient (Wildman–Crippen LogP) is 4.90. The van der Waals surface area contributed by atoms with E-state index in [1.54, 1.807) is 24.3 Å². The lowest BCUT2D eigenvalue weighted by Gasteiger charge is -2.03. The third-order valence-corrected chi connectivity index (χ3v) is 4.96. The van der Waals surface area contributed by atoms with Crippen LogP contribution >= 0.6 is 11.3 Å². The molecule has 1 N–H and O–H groups in total. The number of anilines is 1. The van der Waals surface area contributed by atoms with Crippen molar-refractivity contribution in [3.8, 4) is 0 Å². The number of Topliss-reactive ketones (excluding diaryl/α,β-unsaturated/α-hetero) is 1. The molecule has 1 amide bonds. The first-order valence-corrected chi connectivity index (χ1v) is 8.63. The normalized spacial score (nSPS) is 10.9. The molecule has 4 nitrogen and oxygen atoms in total. The van der Waals surface area contributed by atoms with Crippen molar-refractivity contribution in [3.63, 3.8) is 0 Å². The molecule has 0 spiro atoms. The molecule has 122 valence electrons. The molecule has 0 aliphatic carbocycles. The molecule has 25 heavy (non-hydrogen) atoms. The average Bonchev–Trinajstić information content (AvgIpc) is 3.02. The molecule has 0 aliphatic rings. The highest BCUT2D eigenvalue weighted by atomic mass is 32.1. The van der Waals surface area contributed by atoms with Crippen LogP contribution in [0.5, 0.6) is 0 Å². The number of carbonyl (C=O) groups is 2. The van der Waals surface area contributed by atoms with Gasteiger partial charge < -0.3 is 0 Å². The predicted molar refractivity (Wildman–Crippen MR) is 102 cm³/mol. The second-order valence-electron chi connectivity index (χ2n) is 5.77. The summed E-state index contributed by atoms with van der Waals surface area (Å²) in [6.45, 7) is 1.53. The Labute approximate surface area is 148 Å². The van der Waals surface area contributed by atoms with E-state index >= 15 is 0 Å². The average molecular weight is 346 g/mol. The Kier molecular flexibility index (Phi) is 3.78. The first-order chi connectivity index (χ1) is 12.1. The smallest absolute Gasteiger partial charge is 0.257 e. The van der Waals surface area contributed by atoms with Crippen LogP contribution in [0.1, 0.15) is 27.6 Å². The van der Waals surface area contributed by atoms with Gasteiger partial charge in [0.15, 0.2) is 10.9 Å². The van der Waals surface area contributed by atoms with E-state index in [1.807, 2.05) is 36.4 Å². The van der Waals surface area contributed by atoms with Crippen LogP contribution in [0.2, 0.25) is 0 Å². The first kappa shape index (κ1) is 15.5. The van der Waals surface area contributed by atoms with Crippen molar-refractivity contribution >= 4 is 49.1 Å². The molecule has 4 aromatic rings. The molecule has 0 fully saturated rings. The van der Waals surface area contributed by atoms with Gasteiger partial charge in [0.2, 0.25) is 0 Å². The quantitative estimate of drug-likeness (QED) is 0.537. The van der Waals surface area contributed by atoms with E-state index in [1.165, 1.54) is 18.3 Å². The van der Waals surface area contributed by atoms with Crippen LogP contribution in [-0.2, 0) is 0 Å². The zero-order chi connectivity index (χ0) is 17.4. The number of hydrogen-bond acceptors (Lipinski definition) is 4. The third kappa shape index (κ3) is 3.02. The molecule has 1 aromatic heterocycles. The standard InChI is InChI=1S/C20H14N2O2S/c1-12(23)14-8-9-17-18(11-14)25-20(21-17)22-19(24)16-7-6-13-4-2-3-5-15(13)10-16/h2-11H,1H3,(H,21,22,24). The minimum absolute atomic E-state index is 0.0112. The number of rotatable bonds is 3. The van der Waals surface area contributed by atoms with Crippen LogP contribution in [0.15, 0.2) is 60.7 Å². The van der Waals surface area contributed by atoms with Gasteiger partial charge in [-0.15, -0.1) is 0 Å². The monoisotopic (exact) mass is 346 g/mol. The number of nitrogens with one attached hydrogen (secondary N) is 1. The molecule has 0 unspecified atom stereocenters. The summed E-state index contributed by atoms with van der Waals surface area (Å²) in [5, 5.41) is 5.48. The van der Waals surface area contributed by atoms with Gasteiger partial charge in [0.05, 0.1) is 10.2 Å². The van der Waals surface area contributed by atoms with Crippen LogP contribution in [0.4, 0.5) is 5.13 Å². The molecule has 0 aliphatic heterocycles. The highest BCUT2D eigenvalue weighted by Gasteiger charge is 2.11. The van der Waals surface area contributed by atoms with Crippen molar-refractivity contribution in [2.75, 3.05) is 5.32 Å².